The van der Waals surface area contributed by atoms with Crippen LogP contribution in [0.25, 0.3) is 0 Å². The van der Waals surface area contributed by atoms with E-state index in [9.17, 15) is 20.1 Å². The van der Waals surface area contributed by atoms with E-state index in [2.05, 4.69) is 12.1 Å². The second kappa shape index (κ2) is 13.6. The molecule has 0 saturated carbocycles. The van der Waals surface area contributed by atoms with Gasteiger partial charge in [-0.1, -0.05) is 24.3 Å². The lowest BCUT2D eigenvalue weighted by Gasteiger charge is -2.29. The van der Waals surface area contributed by atoms with Crippen molar-refractivity contribution in [2.24, 2.45) is 10.8 Å². The van der Waals surface area contributed by atoms with E-state index in [1.807, 2.05) is 38.2 Å². The van der Waals surface area contributed by atoms with Gasteiger partial charge in [-0.05, 0) is 66.2 Å². The Hall–Kier alpha value is -2.60. The standard InChI is InChI=1S/C22H32N2O4/c1-5-9-11-13-21(17-23,19(25)27-7-3)15-16-22(18-24,14-12-10-6-2)20(26)28-8-4/h5-6,9-10H,7-8,11-16H2,1-4H3/b9-5+,10-6+. The van der Waals surface area contributed by atoms with E-state index in [4.69, 9.17) is 9.47 Å². The van der Waals surface area contributed by atoms with Gasteiger partial charge in [0.05, 0.1) is 25.4 Å². The van der Waals surface area contributed by atoms with Crippen LogP contribution in [0.1, 0.15) is 66.2 Å². The average Bonchev–Trinajstić information content (AvgIpc) is 2.69. The van der Waals surface area contributed by atoms with Crippen molar-refractivity contribution in [2.45, 2.75) is 66.2 Å². The second-order valence-corrected chi connectivity index (χ2v) is 6.54. The molecule has 6 heteroatoms. The second-order valence-electron chi connectivity index (χ2n) is 6.54. The molecule has 0 aliphatic rings. The lowest BCUT2D eigenvalue weighted by molar-refractivity contribution is -0.157. The van der Waals surface area contributed by atoms with Gasteiger partial charge in [-0.2, -0.15) is 10.5 Å². The van der Waals surface area contributed by atoms with Gasteiger partial charge >= 0.3 is 11.9 Å². The summed E-state index contributed by atoms with van der Waals surface area (Å²) in [6.07, 6.45) is 9.16. The molecule has 2 unspecified atom stereocenters. The Morgan fingerprint density at radius 2 is 1.14 bits per heavy atom. The highest BCUT2D eigenvalue weighted by Crippen LogP contribution is 2.39. The fraction of sp³-hybridized carbons (Fsp3) is 0.636. The normalized spacial score (nSPS) is 15.4. The highest BCUT2D eigenvalue weighted by atomic mass is 16.5. The molecule has 0 bridgehead atoms. The molecule has 154 valence electrons. The zero-order valence-corrected chi connectivity index (χ0v) is 17.5. The number of esters is 2. The van der Waals surface area contributed by atoms with Crippen molar-refractivity contribution in [1.82, 2.24) is 0 Å². The molecule has 0 rings (SSSR count). The summed E-state index contributed by atoms with van der Waals surface area (Å²) in [5.41, 5.74) is -2.80. The van der Waals surface area contributed by atoms with Crippen LogP contribution in [0.2, 0.25) is 0 Å². The van der Waals surface area contributed by atoms with Crippen LogP contribution in [0.5, 0.6) is 0 Å². The molecule has 0 aliphatic carbocycles. The molecule has 0 saturated heterocycles. The Kier molecular flexibility index (Phi) is 12.3. The Bertz CT molecular complexity index is 586. The van der Waals surface area contributed by atoms with E-state index in [-0.39, 0.29) is 38.9 Å². The van der Waals surface area contributed by atoms with Crippen molar-refractivity contribution in [3.05, 3.63) is 24.3 Å². The minimum atomic E-state index is -1.40. The number of rotatable bonds is 13. The maximum atomic E-state index is 12.6. The third kappa shape index (κ3) is 7.19. The van der Waals surface area contributed by atoms with E-state index in [0.717, 1.165) is 0 Å². The van der Waals surface area contributed by atoms with Crippen LogP contribution < -0.4 is 0 Å². The van der Waals surface area contributed by atoms with Crippen molar-refractivity contribution >= 4 is 11.9 Å². The molecule has 0 radical (unpaired) electrons. The number of ether oxygens (including phenoxy) is 2. The lowest BCUT2D eigenvalue weighted by atomic mass is 9.72. The molecule has 0 fully saturated rings. The van der Waals surface area contributed by atoms with Crippen LogP contribution >= 0.6 is 0 Å². The van der Waals surface area contributed by atoms with Crippen LogP contribution in [0.4, 0.5) is 0 Å². The number of nitrogens with zero attached hydrogens (tertiary/aromatic N) is 2. The smallest absolute Gasteiger partial charge is 0.326 e. The molecule has 0 N–H and O–H groups in total. The van der Waals surface area contributed by atoms with Gasteiger partial charge in [0, 0.05) is 0 Å². The maximum absolute atomic E-state index is 12.6. The zero-order valence-electron chi connectivity index (χ0n) is 17.5. The van der Waals surface area contributed by atoms with E-state index in [1.54, 1.807) is 13.8 Å². The predicted molar refractivity (Wildman–Crippen MR) is 107 cm³/mol. The Morgan fingerprint density at radius 3 is 1.39 bits per heavy atom. The van der Waals surface area contributed by atoms with Gasteiger partial charge in [-0.25, -0.2) is 0 Å². The third-order valence-corrected chi connectivity index (χ3v) is 4.69. The van der Waals surface area contributed by atoms with Crippen LogP contribution in [-0.2, 0) is 19.1 Å². The first-order valence-electron chi connectivity index (χ1n) is 9.81. The van der Waals surface area contributed by atoms with Crippen molar-refractivity contribution in [3.63, 3.8) is 0 Å². The van der Waals surface area contributed by atoms with Crippen molar-refractivity contribution in [2.75, 3.05) is 13.2 Å². The molecule has 28 heavy (non-hydrogen) atoms. The largest absolute Gasteiger partial charge is 0.465 e. The highest BCUT2D eigenvalue weighted by molar-refractivity contribution is 5.82. The molecule has 0 aliphatic heterocycles. The number of nitriles is 2. The van der Waals surface area contributed by atoms with Crippen molar-refractivity contribution < 1.29 is 19.1 Å². The van der Waals surface area contributed by atoms with Crippen molar-refractivity contribution in [1.29, 1.82) is 10.5 Å². The molecule has 0 spiro atoms. The summed E-state index contributed by atoms with van der Waals surface area (Å²) in [5.74, 6) is -1.21. The van der Waals surface area contributed by atoms with E-state index < -0.39 is 22.8 Å². The summed E-state index contributed by atoms with van der Waals surface area (Å²) in [4.78, 5) is 25.1. The Morgan fingerprint density at radius 1 is 0.786 bits per heavy atom. The van der Waals surface area contributed by atoms with Gasteiger partial charge in [-0.3, -0.25) is 9.59 Å². The molecular formula is C22H32N2O4. The van der Waals surface area contributed by atoms with Gasteiger partial charge in [-0.15, -0.1) is 0 Å². The summed E-state index contributed by atoms with van der Waals surface area (Å²) >= 11 is 0. The summed E-state index contributed by atoms with van der Waals surface area (Å²) in [6, 6.07) is 4.22. The first kappa shape index (κ1) is 25.4. The molecule has 6 nitrogen and oxygen atoms in total. The number of carbonyl (C=O) groups is 2. The number of allylic oxidation sites excluding steroid dienone is 4. The van der Waals surface area contributed by atoms with E-state index in [0.29, 0.717) is 12.8 Å². The van der Waals surface area contributed by atoms with Gasteiger partial charge in [0.2, 0.25) is 0 Å². The average molecular weight is 389 g/mol. The summed E-state index contributed by atoms with van der Waals surface area (Å²) in [6.45, 7) is 7.41. The van der Waals surface area contributed by atoms with E-state index >= 15 is 0 Å². The number of hydrogen-bond acceptors (Lipinski definition) is 6. The molecule has 0 aromatic heterocycles. The fourth-order valence-electron chi connectivity index (χ4n) is 2.93. The topological polar surface area (TPSA) is 100 Å². The third-order valence-electron chi connectivity index (χ3n) is 4.69. The summed E-state index contributed by atoms with van der Waals surface area (Å²) in [5, 5.41) is 19.6. The van der Waals surface area contributed by atoms with Gasteiger partial charge in [0.15, 0.2) is 10.8 Å². The first-order chi connectivity index (χ1) is 13.4. The Balaban J connectivity index is 5.75. The minimum Gasteiger partial charge on any atom is -0.465 e. The maximum Gasteiger partial charge on any atom is 0.326 e. The molecule has 0 aromatic carbocycles. The fourth-order valence-corrected chi connectivity index (χ4v) is 2.93. The quantitative estimate of drug-likeness (QED) is 0.337. The van der Waals surface area contributed by atoms with Crippen LogP contribution in [0.15, 0.2) is 24.3 Å². The monoisotopic (exact) mass is 388 g/mol. The van der Waals surface area contributed by atoms with Crippen LogP contribution in [0, 0.1) is 33.5 Å². The lowest BCUT2D eigenvalue weighted by Crippen LogP contribution is -2.37. The molecular weight excluding hydrogens is 356 g/mol. The minimum absolute atomic E-state index is 0.0576. The summed E-state index contributed by atoms with van der Waals surface area (Å²) < 4.78 is 10.3. The molecule has 0 heterocycles. The molecule has 2 atom stereocenters. The van der Waals surface area contributed by atoms with Gasteiger partial charge < -0.3 is 9.47 Å². The zero-order chi connectivity index (χ0) is 21.5. The van der Waals surface area contributed by atoms with Crippen molar-refractivity contribution in [3.8, 4) is 12.1 Å². The van der Waals surface area contributed by atoms with Gasteiger partial charge in [0.1, 0.15) is 0 Å². The highest BCUT2D eigenvalue weighted by Gasteiger charge is 2.46. The SMILES string of the molecule is C/C=C/CCC(C#N)(CCC(C#N)(CC/C=C/C)C(=O)OCC)C(=O)OCC. The van der Waals surface area contributed by atoms with Crippen LogP contribution in [-0.4, -0.2) is 25.2 Å². The van der Waals surface area contributed by atoms with Gasteiger partial charge in [0.25, 0.3) is 0 Å². The first-order valence-corrected chi connectivity index (χ1v) is 9.81. The number of hydrogen-bond donors (Lipinski definition) is 0. The number of carbonyl (C=O) groups excluding carboxylic acids is 2. The van der Waals surface area contributed by atoms with E-state index in [1.165, 1.54) is 0 Å². The van der Waals surface area contributed by atoms with Crippen LogP contribution in [0.3, 0.4) is 0 Å². The molecule has 0 amide bonds. The molecule has 0 aromatic rings. The summed E-state index contributed by atoms with van der Waals surface area (Å²) in [7, 11) is 0. The Labute approximate surface area is 168 Å². The predicted octanol–water partition coefficient (Wildman–Crippen LogP) is 4.63.